The number of hydrogen-bond acceptors (Lipinski definition) is 2. The summed E-state index contributed by atoms with van der Waals surface area (Å²) in [5, 5.41) is 0. The Kier molecular flexibility index (Phi) is 5.30. The van der Waals surface area contributed by atoms with E-state index in [2.05, 4.69) is 0 Å². The van der Waals surface area contributed by atoms with E-state index in [-0.39, 0.29) is 11.6 Å². The normalized spacial score (nSPS) is 12.1. The highest BCUT2D eigenvalue weighted by Gasteiger charge is 2.10. The number of hydrogen-bond donors (Lipinski definition) is 0. The molecule has 0 saturated heterocycles. The van der Waals surface area contributed by atoms with Crippen molar-refractivity contribution in [2.75, 3.05) is 6.61 Å². The molecule has 4 heteroatoms. The van der Waals surface area contributed by atoms with E-state index >= 15 is 0 Å². The number of para-hydroxylation sites is 1. The van der Waals surface area contributed by atoms with Gasteiger partial charge in [0.1, 0.15) is 11.6 Å². The van der Waals surface area contributed by atoms with E-state index in [9.17, 15) is 8.60 Å². The van der Waals surface area contributed by atoms with Crippen LogP contribution in [0.25, 0.3) is 0 Å². The van der Waals surface area contributed by atoms with E-state index in [0.29, 0.717) is 17.9 Å². The van der Waals surface area contributed by atoms with Crippen LogP contribution in [0.15, 0.2) is 48.5 Å². The first-order valence-electron chi connectivity index (χ1n) is 6.49. The van der Waals surface area contributed by atoms with Crippen molar-refractivity contribution in [2.45, 2.75) is 18.4 Å². The molecule has 0 saturated carbocycles. The third-order valence-electron chi connectivity index (χ3n) is 2.86. The number of benzene rings is 2. The molecular weight excluding hydrogens is 275 g/mol. The minimum Gasteiger partial charge on any atom is -0.494 e. The molecule has 0 spiro atoms. The number of halogens is 1. The van der Waals surface area contributed by atoms with Crippen molar-refractivity contribution < 1.29 is 13.3 Å². The van der Waals surface area contributed by atoms with E-state index in [1.807, 2.05) is 31.2 Å². The molecule has 20 heavy (non-hydrogen) atoms. The maximum Gasteiger partial charge on any atom is 0.127 e. The van der Waals surface area contributed by atoms with Gasteiger partial charge in [-0.05, 0) is 19.1 Å². The van der Waals surface area contributed by atoms with Gasteiger partial charge in [0.2, 0.25) is 0 Å². The Labute approximate surface area is 121 Å². The van der Waals surface area contributed by atoms with E-state index in [0.717, 1.165) is 11.3 Å². The summed E-state index contributed by atoms with van der Waals surface area (Å²) in [6.45, 7) is 2.48. The Morgan fingerprint density at radius 2 is 1.60 bits per heavy atom. The Hall–Kier alpha value is -1.68. The summed E-state index contributed by atoms with van der Waals surface area (Å²) in [5.41, 5.74) is 1.38. The van der Waals surface area contributed by atoms with Gasteiger partial charge in [0, 0.05) is 21.9 Å². The molecule has 2 rings (SSSR count). The second kappa shape index (κ2) is 7.20. The molecule has 0 aliphatic rings. The minimum absolute atomic E-state index is 0.215. The van der Waals surface area contributed by atoms with Gasteiger partial charge in [-0.25, -0.2) is 4.39 Å². The van der Waals surface area contributed by atoms with Crippen LogP contribution in [0.5, 0.6) is 5.75 Å². The average Bonchev–Trinajstić information content (AvgIpc) is 2.44. The Morgan fingerprint density at radius 3 is 2.30 bits per heavy atom. The first kappa shape index (κ1) is 14.7. The molecule has 0 fully saturated rings. The summed E-state index contributed by atoms with van der Waals surface area (Å²) in [4.78, 5) is 0. The van der Waals surface area contributed by atoms with Gasteiger partial charge in [-0.3, -0.25) is 4.21 Å². The van der Waals surface area contributed by atoms with Gasteiger partial charge in [-0.1, -0.05) is 36.4 Å². The SMILES string of the molecule is CCOc1ccccc1CS(=O)Cc1ccccc1F. The molecule has 0 radical (unpaired) electrons. The van der Waals surface area contributed by atoms with Crippen molar-refractivity contribution in [2.24, 2.45) is 0 Å². The lowest BCUT2D eigenvalue weighted by Crippen LogP contribution is -2.03. The van der Waals surface area contributed by atoms with E-state index in [1.165, 1.54) is 6.07 Å². The van der Waals surface area contributed by atoms with Crippen LogP contribution in [0.3, 0.4) is 0 Å². The zero-order valence-corrected chi connectivity index (χ0v) is 12.2. The van der Waals surface area contributed by atoms with E-state index < -0.39 is 10.8 Å². The van der Waals surface area contributed by atoms with Crippen LogP contribution >= 0.6 is 0 Å². The highest BCUT2D eigenvalue weighted by molar-refractivity contribution is 7.83. The van der Waals surface area contributed by atoms with Gasteiger partial charge >= 0.3 is 0 Å². The molecule has 0 aliphatic carbocycles. The molecule has 0 aliphatic heterocycles. The second-order valence-electron chi connectivity index (χ2n) is 4.36. The quantitative estimate of drug-likeness (QED) is 0.812. The molecule has 1 unspecified atom stereocenters. The van der Waals surface area contributed by atoms with Gasteiger partial charge < -0.3 is 4.74 Å². The highest BCUT2D eigenvalue weighted by atomic mass is 32.2. The fourth-order valence-electron chi connectivity index (χ4n) is 1.93. The van der Waals surface area contributed by atoms with Crippen molar-refractivity contribution in [3.8, 4) is 5.75 Å². The summed E-state index contributed by atoms with van der Waals surface area (Å²) >= 11 is 0. The van der Waals surface area contributed by atoms with Crippen molar-refractivity contribution >= 4 is 10.8 Å². The number of rotatable bonds is 6. The maximum atomic E-state index is 13.5. The summed E-state index contributed by atoms with van der Waals surface area (Å²) in [6.07, 6.45) is 0. The van der Waals surface area contributed by atoms with Crippen LogP contribution < -0.4 is 4.74 Å². The Bertz CT molecular complexity index is 599. The molecule has 2 nitrogen and oxygen atoms in total. The molecule has 2 aromatic rings. The molecule has 0 N–H and O–H groups in total. The molecular formula is C16H17FO2S. The van der Waals surface area contributed by atoms with Crippen molar-refractivity contribution in [3.63, 3.8) is 0 Å². The fraction of sp³-hybridized carbons (Fsp3) is 0.250. The predicted molar refractivity (Wildman–Crippen MR) is 79.6 cm³/mol. The van der Waals surface area contributed by atoms with Crippen LogP contribution in [0.1, 0.15) is 18.1 Å². The Morgan fingerprint density at radius 1 is 1.00 bits per heavy atom. The zero-order chi connectivity index (χ0) is 14.4. The van der Waals surface area contributed by atoms with Crippen LogP contribution in [0, 0.1) is 5.82 Å². The first-order chi connectivity index (χ1) is 9.70. The molecule has 1 atom stereocenters. The third kappa shape index (κ3) is 3.90. The number of ether oxygens (including phenoxy) is 1. The minimum atomic E-state index is -1.17. The maximum absolute atomic E-state index is 13.5. The largest absolute Gasteiger partial charge is 0.494 e. The van der Waals surface area contributed by atoms with Crippen LogP contribution in [-0.4, -0.2) is 10.8 Å². The topological polar surface area (TPSA) is 26.3 Å². The average molecular weight is 292 g/mol. The third-order valence-corrected chi connectivity index (χ3v) is 4.13. The summed E-state index contributed by atoms with van der Waals surface area (Å²) in [6, 6.07) is 14.0. The van der Waals surface area contributed by atoms with Gasteiger partial charge in [-0.2, -0.15) is 0 Å². The van der Waals surface area contributed by atoms with E-state index in [4.69, 9.17) is 4.74 Å². The fourth-order valence-corrected chi connectivity index (χ4v) is 3.20. The smallest absolute Gasteiger partial charge is 0.127 e. The summed E-state index contributed by atoms with van der Waals surface area (Å²) in [7, 11) is -1.17. The van der Waals surface area contributed by atoms with Crippen molar-refractivity contribution in [1.29, 1.82) is 0 Å². The molecule has 106 valence electrons. The predicted octanol–water partition coefficient (Wildman–Crippen LogP) is 3.67. The van der Waals surface area contributed by atoms with Crippen LogP contribution in [-0.2, 0) is 22.3 Å². The van der Waals surface area contributed by atoms with Gasteiger partial charge in [0.25, 0.3) is 0 Å². The Balaban J connectivity index is 2.07. The summed E-state index contributed by atoms with van der Waals surface area (Å²) < 4.78 is 31.2. The van der Waals surface area contributed by atoms with Gasteiger partial charge in [0.15, 0.2) is 0 Å². The lowest BCUT2D eigenvalue weighted by atomic mass is 10.2. The van der Waals surface area contributed by atoms with Crippen molar-refractivity contribution in [1.82, 2.24) is 0 Å². The second-order valence-corrected chi connectivity index (χ2v) is 5.82. The molecule has 0 heterocycles. The zero-order valence-electron chi connectivity index (χ0n) is 11.3. The van der Waals surface area contributed by atoms with Gasteiger partial charge in [-0.15, -0.1) is 0 Å². The summed E-state index contributed by atoms with van der Waals surface area (Å²) in [5.74, 6) is 1.02. The molecule has 0 bridgehead atoms. The molecule has 2 aromatic carbocycles. The standard InChI is InChI=1S/C16H17FO2S/c1-2-19-16-10-6-4-8-14(16)12-20(18)11-13-7-3-5-9-15(13)17/h3-10H,2,11-12H2,1H3. The van der Waals surface area contributed by atoms with E-state index in [1.54, 1.807) is 18.2 Å². The molecule has 0 aromatic heterocycles. The lowest BCUT2D eigenvalue weighted by Gasteiger charge is -2.10. The monoisotopic (exact) mass is 292 g/mol. The lowest BCUT2D eigenvalue weighted by molar-refractivity contribution is 0.337. The highest BCUT2D eigenvalue weighted by Crippen LogP contribution is 2.21. The molecule has 0 amide bonds. The van der Waals surface area contributed by atoms with Crippen molar-refractivity contribution in [3.05, 3.63) is 65.5 Å². The van der Waals surface area contributed by atoms with Gasteiger partial charge in [0.05, 0.1) is 18.1 Å². The van der Waals surface area contributed by atoms with Crippen LogP contribution in [0.4, 0.5) is 4.39 Å². The first-order valence-corrected chi connectivity index (χ1v) is 7.98. The van der Waals surface area contributed by atoms with Crippen LogP contribution in [0.2, 0.25) is 0 Å².